The van der Waals surface area contributed by atoms with Crippen LogP contribution in [0.5, 0.6) is 0 Å². The molecule has 2 N–H and O–H groups in total. The number of thiophene rings is 1. The van der Waals surface area contributed by atoms with E-state index < -0.39 is 0 Å². The molecule has 1 saturated heterocycles. The van der Waals surface area contributed by atoms with Crippen LogP contribution in [0.4, 0.5) is 0 Å². The summed E-state index contributed by atoms with van der Waals surface area (Å²) in [5.41, 5.74) is 0.186. The fourth-order valence-corrected chi connectivity index (χ4v) is 2.89. The fraction of sp³-hybridized carbons (Fsp3) is 0.455. The maximum Gasteiger partial charge on any atom is 0.328 e. The molecule has 0 spiro atoms. The number of hydrogen-bond donors (Lipinski definition) is 2. The van der Waals surface area contributed by atoms with Crippen molar-refractivity contribution < 1.29 is 0 Å². The molecule has 0 radical (unpaired) electrons. The van der Waals surface area contributed by atoms with Crippen LogP contribution in [0.1, 0.15) is 6.42 Å². The first kappa shape index (κ1) is 10.7. The van der Waals surface area contributed by atoms with Gasteiger partial charge in [-0.25, -0.2) is 4.79 Å². The summed E-state index contributed by atoms with van der Waals surface area (Å²) in [5, 5.41) is 5.06. The molecule has 90 valence electrons. The van der Waals surface area contributed by atoms with Crippen LogP contribution >= 0.6 is 11.3 Å². The number of nitrogens with one attached hydrogen (secondary N) is 2. The molecule has 17 heavy (non-hydrogen) atoms. The van der Waals surface area contributed by atoms with E-state index in [1.807, 2.05) is 11.4 Å². The van der Waals surface area contributed by atoms with Crippen molar-refractivity contribution in [3.63, 3.8) is 0 Å². The topological polar surface area (TPSA) is 66.9 Å². The molecule has 0 aliphatic carbocycles. The standard InChI is InChI=1S/C11H13N3O2S/c15-10-9-8(2-4-17-9)14(11(16)13-10)3-1-7-5-12-6-7/h2,4,7,12H,1,3,5-6H2,(H,13,15,16). The number of H-pyrrole nitrogens is 1. The Morgan fingerprint density at radius 2 is 2.24 bits per heavy atom. The van der Waals surface area contributed by atoms with Crippen LogP contribution in [-0.2, 0) is 6.54 Å². The van der Waals surface area contributed by atoms with Crippen molar-refractivity contribution in [2.24, 2.45) is 5.92 Å². The normalized spacial score (nSPS) is 16.2. The summed E-state index contributed by atoms with van der Waals surface area (Å²) in [6.45, 7) is 2.74. The fourth-order valence-electron chi connectivity index (χ4n) is 2.10. The second kappa shape index (κ2) is 4.12. The predicted molar refractivity (Wildman–Crippen MR) is 67.7 cm³/mol. The largest absolute Gasteiger partial charge is 0.328 e. The number of fused-ring (bicyclic) bond motifs is 1. The van der Waals surface area contributed by atoms with Crippen molar-refractivity contribution in [2.45, 2.75) is 13.0 Å². The van der Waals surface area contributed by atoms with E-state index in [0.717, 1.165) is 25.0 Å². The average molecular weight is 251 g/mol. The molecule has 3 rings (SSSR count). The minimum absolute atomic E-state index is 0.276. The van der Waals surface area contributed by atoms with E-state index in [4.69, 9.17) is 0 Å². The number of rotatable bonds is 3. The van der Waals surface area contributed by atoms with Crippen LogP contribution in [0.3, 0.4) is 0 Å². The summed E-state index contributed by atoms with van der Waals surface area (Å²) in [5.74, 6) is 0.655. The van der Waals surface area contributed by atoms with Gasteiger partial charge in [0.2, 0.25) is 0 Å². The summed E-state index contributed by atoms with van der Waals surface area (Å²) in [6, 6.07) is 1.84. The van der Waals surface area contributed by atoms with Crippen LogP contribution in [0.25, 0.3) is 10.2 Å². The van der Waals surface area contributed by atoms with E-state index in [1.54, 1.807) is 4.57 Å². The average Bonchev–Trinajstić information content (AvgIpc) is 2.69. The smallest absolute Gasteiger partial charge is 0.316 e. The maximum atomic E-state index is 11.8. The molecule has 0 bridgehead atoms. The number of nitrogens with zero attached hydrogens (tertiary/aromatic N) is 1. The van der Waals surface area contributed by atoms with Crippen LogP contribution in [0, 0.1) is 5.92 Å². The Balaban J connectivity index is 1.99. The van der Waals surface area contributed by atoms with Gasteiger partial charge < -0.3 is 5.32 Å². The third-order valence-electron chi connectivity index (χ3n) is 3.23. The van der Waals surface area contributed by atoms with Crippen molar-refractivity contribution in [3.8, 4) is 0 Å². The zero-order valence-corrected chi connectivity index (χ0v) is 10.0. The van der Waals surface area contributed by atoms with Crippen molar-refractivity contribution in [2.75, 3.05) is 13.1 Å². The molecular weight excluding hydrogens is 238 g/mol. The summed E-state index contributed by atoms with van der Waals surface area (Å²) in [4.78, 5) is 25.7. The Kier molecular flexibility index (Phi) is 2.60. The minimum atomic E-state index is -0.298. The van der Waals surface area contributed by atoms with Gasteiger partial charge in [0, 0.05) is 6.54 Å². The second-order valence-corrected chi connectivity index (χ2v) is 5.27. The van der Waals surface area contributed by atoms with Crippen LogP contribution < -0.4 is 16.6 Å². The van der Waals surface area contributed by atoms with Crippen LogP contribution in [0.15, 0.2) is 21.0 Å². The lowest BCUT2D eigenvalue weighted by Gasteiger charge is -2.27. The highest BCUT2D eigenvalue weighted by atomic mass is 32.1. The number of aryl methyl sites for hydroxylation is 1. The van der Waals surface area contributed by atoms with E-state index in [-0.39, 0.29) is 11.2 Å². The lowest BCUT2D eigenvalue weighted by molar-refractivity contribution is 0.311. The third-order valence-corrected chi connectivity index (χ3v) is 4.14. The van der Waals surface area contributed by atoms with Gasteiger partial charge >= 0.3 is 5.69 Å². The zero-order chi connectivity index (χ0) is 11.8. The zero-order valence-electron chi connectivity index (χ0n) is 9.23. The first-order chi connectivity index (χ1) is 8.25. The number of aromatic amines is 1. The summed E-state index contributed by atoms with van der Waals surface area (Å²) >= 11 is 1.37. The van der Waals surface area contributed by atoms with Gasteiger partial charge in [-0.15, -0.1) is 11.3 Å². The van der Waals surface area contributed by atoms with Gasteiger partial charge in [-0.2, -0.15) is 0 Å². The van der Waals surface area contributed by atoms with Gasteiger partial charge in [-0.1, -0.05) is 0 Å². The van der Waals surface area contributed by atoms with Gasteiger partial charge in [-0.05, 0) is 36.9 Å². The van der Waals surface area contributed by atoms with E-state index in [0.29, 0.717) is 17.2 Å². The van der Waals surface area contributed by atoms with Gasteiger partial charge in [0.05, 0.1) is 5.52 Å². The maximum absolute atomic E-state index is 11.8. The van der Waals surface area contributed by atoms with Crippen molar-refractivity contribution in [1.29, 1.82) is 0 Å². The highest BCUT2D eigenvalue weighted by Crippen LogP contribution is 2.16. The Bertz CT molecular complexity index is 651. The van der Waals surface area contributed by atoms with E-state index in [2.05, 4.69) is 10.3 Å². The molecule has 2 aromatic heterocycles. The molecule has 1 aliphatic heterocycles. The molecule has 0 unspecified atom stereocenters. The first-order valence-electron chi connectivity index (χ1n) is 5.67. The first-order valence-corrected chi connectivity index (χ1v) is 6.55. The van der Waals surface area contributed by atoms with Crippen LogP contribution in [-0.4, -0.2) is 22.6 Å². The van der Waals surface area contributed by atoms with Crippen molar-refractivity contribution in [1.82, 2.24) is 14.9 Å². The molecule has 1 aliphatic rings. The Morgan fingerprint density at radius 3 is 2.94 bits per heavy atom. The van der Waals surface area contributed by atoms with Crippen LogP contribution in [0.2, 0.25) is 0 Å². The van der Waals surface area contributed by atoms with Crippen molar-refractivity contribution in [3.05, 3.63) is 32.3 Å². The predicted octanol–water partition coefficient (Wildman–Crippen LogP) is 0.361. The Hall–Kier alpha value is -1.40. The third kappa shape index (κ3) is 1.83. The quantitative estimate of drug-likeness (QED) is 0.827. The molecule has 0 aromatic carbocycles. The summed E-state index contributed by atoms with van der Waals surface area (Å²) in [7, 11) is 0. The molecule has 3 heterocycles. The van der Waals surface area contributed by atoms with Gasteiger partial charge in [0.15, 0.2) is 0 Å². The lowest BCUT2D eigenvalue weighted by atomic mass is 9.99. The van der Waals surface area contributed by atoms with E-state index in [1.165, 1.54) is 11.3 Å². The van der Waals surface area contributed by atoms with Crippen molar-refractivity contribution >= 4 is 21.6 Å². The molecule has 5 nitrogen and oxygen atoms in total. The molecule has 1 fully saturated rings. The molecule has 6 heteroatoms. The van der Waals surface area contributed by atoms with E-state index >= 15 is 0 Å². The SMILES string of the molecule is O=c1[nH]c(=O)n(CCC2CNC2)c2ccsc12. The monoisotopic (exact) mass is 251 g/mol. The Morgan fingerprint density at radius 1 is 1.41 bits per heavy atom. The summed E-state index contributed by atoms with van der Waals surface area (Å²) < 4.78 is 2.31. The molecule has 2 aromatic rings. The molecule has 0 saturated carbocycles. The van der Waals surface area contributed by atoms with Gasteiger partial charge in [0.25, 0.3) is 5.56 Å². The second-order valence-electron chi connectivity index (χ2n) is 4.36. The molecular formula is C11H13N3O2S. The summed E-state index contributed by atoms with van der Waals surface area (Å²) in [6.07, 6.45) is 0.976. The molecule has 0 amide bonds. The molecule has 0 atom stereocenters. The number of aromatic nitrogens is 2. The lowest BCUT2D eigenvalue weighted by Crippen LogP contribution is -2.43. The highest BCUT2D eigenvalue weighted by Gasteiger charge is 2.17. The minimum Gasteiger partial charge on any atom is -0.316 e. The Labute approximate surface area is 101 Å². The van der Waals surface area contributed by atoms with E-state index in [9.17, 15) is 9.59 Å². The number of hydrogen-bond acceptors (Lipinski definition) is 4. The van der Waals surface area contributed by atoms with Gasteiger partial charge in [0.1, 0.15) is 4.70 Å². The van der Waals surface area contributed by atoms with Gasteiger partial charge in [-0.3, -0.25) is 14.3 Å². The highest BCUT2D eigenvalue weighted by molar-refractivity contribution is 7.17.